The van der Waals surface area contributed by atoms with Crippen LogP contribution < -0.4 is 53.3 Å². The third-order valence-corrected chi connectivity index (χ3v) is 8.37. The summed E-state index contributed by atoms with van der Waals surface area (Å²) in [5.74, 6) is 4.54. The average molecular weight is 714 g/mol. The predicted molar refractivity (Wildman–Crippen MR) is 191 cm³/mol. The molecule has 0 spiro atoms. The number of anilines is 1. The minimum absolute atomic E-state index is 0.158. The van der Waals surface area contributed by atoms with Crippen LogP contribution in [-0.4, -0.2) is 74.0 Å². The van der Waals surface area contributed by atoms with Crippen LogP contribution in [0.1, 0.15) is 22.1 Å². The molecule has 0 saturated carbocycles. The van der Waals surface area contributed by atoms with E-state index in [1.165, 1.54) is 14.2 Å². The monoisotopic (exact) mass is 713 g/mol. The van der Waals surface area contributed by atoms with Crippen LogP contribution in [0.3, 0.4) is 0 Å². The first-order valence-electron chi connectivity index (χ1n) is 16.1. The van der Waals surface area contributed by atoms with Crippen molar-refractivity contribution in [2.24, 2.45) is 0 Å². The Morgan fingerprint density at radius 3 is 1.87 bits per heavy atom. The third-order valence-electron chi connectivity index (χ3n) is 8.37. The lowest BCUT2D eigenvalue weighted by Gasteiger charge is -2.28. The molecule has 6 rings (SSSR count). The Morgan fingerprint density at radius 1 is 0.596 bits per heavy atom. The molecule has 1 aromatic heterocycles. The fraction of sp³-hybridized carbons (Fsp3) is 0.263. The van der Waals surface area contributed by atoms with Gasteiger partial charge in [-0.3, -0.25) is 4.79 Å². The van der Waals surface area contributed by atoms with Crippen molar-refractivity contribution in [3.63, 3.8) is 0 Å². The van der Waals surface area contributed by atoms with Gasteiger partial charge in [-0.05, 0) is 60.2 Å². The third kappa shape index (κ3) is 7.08. The molecule has 5 aromatic rings. The lowest BCUT2D eigenvalue weighted by Crippen LogP contribution is -2.38. The Hall–Kier alpha value is -6.44. The fourth-order valence-corrected chi connectivity index (χ4v) is 5.75. The van der Waals surface area contributed by atoms with Crippen LogP contribution in [-0.2, 0) is 0 Å². The van der Waals surface area contributed by atoms with Crippen LogP contribution in [0.25, 0.3) is 22.6 Å². The summed E-state index contributed by atoms with van der Waals surface area (Å²) in [5.41, 5.74) is 3.90. The number of nitrogens with zero attached hydrogens (tertiary/aromatic N) is 1. The highest BCUT2D eigenvalue weighted by Crippen LogP contribution is 2.44. The molecular formula is C38H39N3O11. The number of nitrogens with one attached hydrogen (secondary N) is 2. The molecule has 0 radical (unpaired) electrons. The van der Waals surface area contributed by atoms with E-state index in [0.29, 0.717) is 85.6 Å². The van der Waals surface area contributed by atoms with Gasteiger partial charge in [-0.15, -0.1) is 0 Å². The molecule has 0 bridgehead atoms. The van der Waals surface area contributed by atoms with Crippen LogP contribution in [0.4, 0.5) is 5.69 Å². The Morgan fingerprint density at radius 2 is 1.23 bits per heavy atom. The molecule has 0 aliphatic carbocycles. The zero-order chi connectivity index (χ0) is 36.8. The number of rotatable bonds is 15. The van der Waals surface area contributed by atoms with Crippen molar-refractivity contribution >= 4 is 11.6 Å². The highest BCUT2D eigenvalue weighted by atomic mass is 16.6. The number of carbonyl (C=O) groups is 1. The number of methoxy groups -OCH3 is 7. The summed E-state index contributed by atoms with van der Waals surface area (Å²) in [7, 11) is 10.8. The second-order valence-corrected chi connectivity index (χ2v) is 11.3. The number of hydrogen-bond acceptors (Lipinski definition) is 13. The molecule has 14 nitrogen and oxygen atoms in total. The van der Waals surface area contributed by atoms with Crippen LogP contribution in [0.2, 0.25) is 0 Å². The summed E-state index contributed by atoms with van der Waals surface area (Å²) < 4.78 is 56.5. The van der Waals surface area contributed by atoms with Gasteiger partial charge in [0.1, 0.15) is 30.8 Å². The smallest absolute Gasteiger partial charge is 0.255 e. The van der Waals surface area contributed by atoms with Gasteiger partial charge in [0.2, 0.25) is 11.5 Å². The molecule has 1 atom stereocenters. The van der Waals surface area contributed by atoms with Gasteiger partial charge >= 0.3 is 0 Å². The number of amides is 1. The normalized spacial score (nSPS) is 13.2. The lowest BCUT2D eigenvalue weighted by atomic mass is 10.0. The van der Waals surface area contributed by atoms with E-state index in [1.807, 2.05) is 18.2 Å². The van der Waals surface area contributed by atoms with Crippen molar-refractivity contribution in [1.82, 2.24) is 10.5 Å². The van der Waals surface area contributed by atoms with Crippen molar-refractivity contribution in [3.8, 4) is 74.3 Å². The van der Waals surface area contributed by atoms with Crippen molar-refractivity contribution in [2.45, 2.75) is 6.17 Å². The quantitative estimate of drug-likeness (QED) is 0.116. The summed E-state index contributed by atoms with van der Waals surface area (Å²) in [6.45, 7) is 0.336. The standard InChI is InChI=1S/C38H39N3O11/c1-43-24-9-10-26-25(19-24)38(42)40-37(39-26)21-8-11-28(30(14-21)44-2)50-12-13-51-36-33(47-5)17-23(18-34(36)48-6)29-20-27(41-52-29)22-15-31(45-3)35(49-7)32(16-22)46-4/h8-11,14-20,37,39H,12-13H2,1-7H3,(H,40,42). The number of hydrogen-bond donors (Lipinski definition) is 2. The first-order chi connectivity index (χ1) is 25.3. The van der Waals surface area contributed by atoms with E-state index in [4.69, 9.17) is 47.2 Å². The molecule has 1 amide bonds. The minimum atomic E-state index is -0.472. The highest BCUT2D eigenvalue weighted by Gasteiger charge is 2.26. The predicted octanol–water partition coefficient (Wildman–Crippen LogP) is 6.38. The van der Waals surface area contributed by atoms with Crippen molar-refractivity contribution in [3.05, 3.63) is 77.9 Å². The molecule has 0 saturated heterocycles. The second kappa shape index (κ2) is 15.6. The molecule has 2 heterocycles. The van der Waals surface area contributed by atoms with Crippen LogP contribution in [0, 0.1) is 0 Å². The van der Waals surface area contributed by atoms with Crippen molar-refractivity contribution in [1.29, 1.82) is 0 Å². The minimum Gasteiger partial charge on any atom is -0.497 e. The maximum Gasteiger partial charge on any atom is 0.255 e. The maximum absolute atomic E-state index is 12.8. The average Bonchev–Trinajstić information content (AvgIpc) is 3.69. The molecule has 1 unspecified atom stereocenters. The van der Waals surface area contributed by atoms with E-state index in [9.17, 15) is 4.79 Å². The Labute approximate surface area is 300 Å². The van der Waals surface area contributed by atoms with Crippen LogP contribution in [0.15, 0.2) is 71.3 Å². The van der Waals surface area contributed by atoms with E-state index < -0.39 is 6.17 Å². The maximum atomic E-state index is 12.8. The fourth-order valence-electron chi connectivity index (χ4n) is 5.75. The Bertz CT molecular complexity index is 2010. The van der Waals surface area contributed by atoms with E-state index >= 15 is 0 Å². The summed E-state index contributed by atoms with van der Waals surface area (Å²) in [5, 5.41) is 10.6. The first kappa shape index (κ1) is 35.4. The molecule has 0 fully saturated rings. The number of fused-ring (bicyclic) bond motifs is 1. The van der Waals surface area contributed by atoms with Crippen molar-refractivity contribution in [2.75, 3.05) is 68.3 Å². The van der Waals surface area contributed by atoms with Gasteiger partial charge in [0.05, 0.1) is 55.3 Å². The molecule has 2 N–H and O–H groups in total. The van der Waals surface area contributed by atoms with Crippen LogP contribution in [0.5, 0.6) is 51.7 Å². The summed E-state index contributed by atoms with van der Waals surface area (Å²) in [6.07, 6.45) is -0.472. The van der Waals surface area contributed by atoms with E-state index in [1.54, 1.807) is 84.1 Å². The summed E-state index contributed by atoms with van der Waals surface area (Å²) in [4.78, 5) is 12.8. The highest BCUT2D eigenvalue weighted by molar-refractivity contribution is 6.02. The van der Waals surface area contributed by atoms with Gasteiger partial charge in [0.15, 0.2) is 40.3 Å². The van der Waals surface area contributed by atoms with E-state index in [0.717, 1.165) is 5.56 Å². The second-order valence-electron chi connectivity index (χ2n) is 11.3. The summed E-state index contributed by atoms with van der Waals surface area (Å²) in [6, 6.07) is 19.7. The SMILES string of the molecule is COc1ccc2c(c1)C(=O)NC(c1ccc(OCCOc3c(OC)cc(-c4cc(-c5cc(OC)c(OC)c(OC)c5)no4)cc3OC)c(OC)c1)N2. The van der Waals surface area contributed by atoms with Crippen LogP contribution >= 0.6 is 0 Å². The number of ether oxygens (including phenoxy) is 9. The molecule has 4 aromatic carbocycles. The molecule has 14 heteroatoms. The Kier molecular flexibility index (Phi) is 10.6. The zero-order valence-electron chi connectivity index (χ0n) is 29.8. The number of aromatic nitrogens is 1. The van der Waals surface area contributed by atoms with E-state index in [2.05, 4.69) is 15.8 Å². The number of carbonyl (C=O) groups excluding carboxylic acids is 1. The topological polar surface area (TPSA) is 150 Å². The molecule has 52 heavy (non-hydrogen) atoms. The molecule has 1 aliphatic heterocycles. The largest absolute Gasteiger partial charge is 0.497 e. The van der Waals surface area contributed by atoms with E-state index in [-0.39, 0.29) is 19.1 Å². The Balaban J connectivity index is 1.13. The summed E-state index contributed by atoms with van der Waals surface area (Å²) >= 11 is 0. The molecule has 272 valence electrons. The van der Waals surface area contributed by atoms with Gasteiger partial charge in [-0.1, -0.05) is 11.2 Å². The molecule has 1 aliphatic rings. The number of benzene rings is 4. The van der Waals surface area contributed by atoms with Gasteiger partial charge in [0, 0.05) is 22.9 Å². The first-order valence-corrected chi connectivity index (χ1v) is 16.1. The van der Waals surface area contributed by atoms with Gasteiger partial charge in [-0.25, -0.2) is 0 Å². The zero-order valence-corrected chi connectivity index (χ0v) is 29.8. The lowest BCUT2D eigenvalue weighted by molar-refractivity contribution is 0.0935. The van der Waals surface area contributed by atoms with Gasteiger partial charge in [-0.2, -0.15) is 0 Å². The van der Waals surface area contributed by atoms with Gasteiger partial charge < -0.3 is 57.8 Å². The molecular weight excluding hydrogens is 674 g/mol. The van der Waals surface area contributed by atoms with Crippen molar-refractivity contribution < 1.29 is 51.9 Å². The van der Waals surface area contributed by atoms with Gasteiger partial charge in [0.25, 0.3) is 5.91 Å².